The number of halogens is 1. The summed E-state index contributed by atoms with van der Waals surface area (Å²) < 4.78 is 7.71. The second-order valence-electron chi connectivity index (χ2n) is 5.47. The first-order valence-electron chi connectivity index (χ1n) is 7.83. The van der Waals surface area contributed by atoms with Crippen LogP contribution in [0.5, 0.6) is 11.5 Å². The van der Waals surface area contributed by atoms with Crippen molar-refractivity contribution in [2.45, 2.75) is 6.54 Å². The molecule has 0 saturated heterocycles. The van der Waals surface area contributed by atoms with Gasteiger partial charge in [-0.15, -0.1) is 0 Å². The first kappa shape index (κ1) is 15.5. The summed E-state index contributed by atoms with van der Waals surface area (Å²) in [5, 5.41) is 8.30. The molecule has 0 unspecified atom stereocenters. The average Bonchev–Trinajstić information content (AvgIpc) is 3.06. The van der Waals surface area contributed by atoms with Crippen LogP contribution in [0.3, 0.4) is 0 Å². The van der Waals surface area contributed by atoms with Gasteiger partial charge in [-0.2, -0.15) is 5.10 Å². The zero-order valence-corrected chi connectivity index (χ0v) is 14.0. The topological polar surface area (TPSA) is 51.5 Å². The second-order valence-corrected chi connectivity index (χ2v) is 5.90. The van der Waals surface area contributed by atoms with E-state index in [0.717, 1.165) is 22.6 Å². The molecule has 2 heterocycles. The van der Waals surface area contributed by atoms with Gasteiger partial charge in [-0.3, -0.25) is 0 Å². The molecule has 0 aliphatic carbocycles. The predicted molar refractivity (Wildman–Crippen MR) is 98.3 cm³/mol. The highest BCUT2D eigenvalue weighted by atomic mass is 35.5. The molecular weight excluding hydrogens is 336 g/mol. The van der Waals surface area contributed by atoms with Crippen LogP contribution in [0.15, 0.2) is 73.2 Å². The van der Waals surface area contributed by atoms with Crippen LogP contribution in [0.1, 0.15) is 5.56 Å². The molecule has 2 aromatic heterocycles. The molecule has 2 aromatic carbocycles. The number of nitrogens with one attached hydrogen (secondary N) is 1. The summed E-state index contributed by atoms with van der Waals surface area (Å²) >= 11 is 6.15. The van der Waals surface area contributed by atoms with Crippen molar-refractivity contribution in [2.24, 2.45) is 0 Å². The van der Waals surface area contributed by atoms with Crippen LogP contribution in [0.25, 0.3) is 5.65 Å². The Morgan fingerprint density at radius 2 is 1.96 bits per heavy atom. The van der Waals surface area contributed by atoms with Crippen LogP contribution in [-0.4, -0.2) is 14.6 Å². The van der Waals surface area contributed by atoms with Crippen molar-refractivity contribution in [3.8, 4) is 11.5 Å². The van der Waals surface area contributed by atoms with E-state index in [2.05, 4.69) is 15.4 Å². The minimum Gasteiger partial charge on any atom is -0.455 e. The van der Waals surface area contributed by atoms with Crippen molar-refractivity contribution in [1.82, 2.24) is 14.6 Å². The second kappa shape index (κ2) is 6.83. The summed E-state index contributed by atoms with van der Waals surface area (Å²) in [6.07, 6.45) is 5.43. The molecule has 0 aliphatic rings. The largest absolute Gasteiger partial charge is 0.455 e. The van der Waals surface area contributed by atoms with E-state index in [-0.39, 0.29) is 0 Å². The van der Waals surface area contributed by atoms with E-state index in [4.69, 9.17) is 16.3 Å². The molecule has 0 fully saturated rings. The van der Waals surface area contributed by atoms with Gasteiger partial charge >= 0.3 is 0 Å². The lowest BCUT2D eigenvalue weighted by Gasteiger charge is -2.13. The molecule has 0 amide bonds. The van der Waals surface area contributed by atoms with Gasteiger partial charge in [-0.05, 0) is 36.4 Å². The van der Waals surface area contributed by atoms with Gasteiger partial charge in [-0.1, -0.05) is 29.8 Å². The zero-order chi connectivity index (χ0) is 17.1. The van der Waals surface area contributed by atoms with Gasteiger partial charge in [0, 0.05) is 29.5 Å². The predicted octanol–water partition coefficient (Wildman–Crippen LogP) is 4.79. The van der Waals surface area contributed by atoms with Crippen molar-refractivity contribution < 1.29 is 4.74 Å². The molecule has 0 atom stereocenters. The van der Waals surface area contributed by atoms with Gasteiger partial charge in [0.2, 0.25) is 0 Å². The third-order valence-corrected chi connectivity index (χ3v) is 3.97. The van der Waals surface area contributed by atoms with Crippen LogP contribution in [-0.2, 0) is 6.54 Å². The zero-order valence-electron chi connectivity index (χ0n) is 13.3. The van der Waals surface area contributed by atoms with E-state index in [9.17, 15) is 0 Å². The van der Waals surface area contributed by atoms with Crippen molar-refractivity contribution in [3.63, 3.8) is 0 Å². The van der Waals surface area contributed by atoms with Crippen molar-refractivity contribution in [3.05, 3.63) is 83.8 Å². The van der Waals surface area contributed by atoms with Gasteiger partial charge in [0.05, 0.1) is 11.9 Å². The normalized spacial score (nSPS) is 10.8. The minimum atomic E-state index is 0.562. The smallest absolute Gasteiger partial charge is 0.159 e. The Balaban J connectivity index is 1.58. The third kappa shape index (κ3) is 3.41. The maximum Gasteiger partial charge on any atom is 0.159 e. The summed E-state index contributed by atoms with van der Waals surface area (Å²) in [5.41, 5.74) is 2.63. The molecule has 0 aliphatic heterocycles. The van der Waals surface area contributed by atoms with E-state index in [1.807, 2.05) is 60.8 Å². The number of fused-ring (bicyclic) bond motifs is 1. The monoisotopic (exact) mass is 350 g/mol. The summed E-state index contributed by atoms with van der Waals surface area (Å²) in [4.78, 5) is 4.36. The standard InChI is InChI=1S/C19H15ClN4O/c20-15-7-8-18(25-16-5-2-1-3-6-16)17(11-15)22-12-14-13-23-24-10-4-9-21-19(14)24/h1-11,13,22H,12H2. The highest BCUT2D eigenvalue weighted by Crippen LogP contribution is 2.32. The van der Waals surface area contributed by atoms with Gasteiger partial charge in [0.15, 0.2) is 11.4 Å². The molecule has 124 valence electrons. The lowest BCUT2D eigenvalue weighted by molar-refractivity contribution is 0.484. The Hall–Kier alpha value is -3.05. The van der Waals surface area contributed by atoms with Crippen LogP contribution in [0, 0.1) is 0 Å². The van der Waals surface area contributed by atoms with Gasteiger partial charge < -0.3 is 10.1 Å². The lowest BCUT2D eigenvalue weighted by atomic mass is 10.2. The number of rotatable bonds is 5. The molecular formula is C19H15ClN4O. The Labute approximate surface area is 149 Å². The first-order valence-corrected chi connectivity index (χ1v) is 8.21. The number of aromatic nitrogens is 3. The Morgan fingerprint density at radius 3 is 2.84 bits per heavy atom. The maximum absolute atomic E-state index is 6.15. The summed E-state index contributed by atoms with van der Waals surface area (Å²) in [6, 6.07) is 17.0. The third-order valence-electron chi connectivity index (χ3n) is 3.73. The van der Waals surface area contributed by atoms with E-state index in [1.165, 1.54) is 0 Å². The molecule has 0 radical (unpaired) electrons. The molecule has 6 heteroatoms. The SMILES string of the molecule is Clc1ccc(Oc2ccccc2)c(NCc2cnn3cccnc23)c1. The molecule has 4 rings (SSSR count). The number of hydrogen-bond donors (Lipinski definition) is 1. The number of ether oxygens (including phenoxy) is 1. The fraction of sp³-hybridized carbons (Fsp3) is 0.0526. The van der Waals surface area contributed by atoms with Crippen LogP contribution in [0.2, 0.25) is 5.02 Å². The average molecular weight is 351 g/mol. The number of nitrogens with zero attached hydrogens (tertiary/aromatic N) is 3. The van der Waals surface area contributed by atoms with E-state index in [1.54, 1.807) is 16.9 Å². The molecule has 4 aromatic rings. The molecule has 1 N–H and O–H groups in total. The molecule has 5 nitrogen and oxygen atoms in total. The quantitative estimate of drug-likeness (QED) is 0.562. The summed E-state index contributed by atoms with van der Waals surface area (Å²) in [5.74, 6) is 1.48. The van der Waals surface area contributed by atoms with Gasteiger partial charge in [0.1, 0.15) is 5.75 Å². The van der Waals surface area contributed by atoms with E-state index < -0.39 is 0 Å². The van der Waals surface area contributed by atoms with Crippen LogP contribution in [0.4, 0.5) is 5.69 Å². The highest BCUT2D eigenvalue weighted by Gasteiger charge is 2.09. The molecule has 25 heavy (non-hydrogen) atoms. The molecule has 0 saturated carbocycles. The van der Waals surface area contributed by atoms with E-state index >= 15 is 0 Å². The van der Waals surface area contributed by atoms with Crippen molar-refractivity contribution in [1.29, 1.82) is 0 Å². The van der Waals surface area contributed by atoms with E-state index in [0.29, 0.717) is 17.3 Å². The lowest BCUT2D eigenvalue weighted by Crippen LogP contribution is -2.01. The van der Waals surface area contributed by atoms with Gasteiger partial charge in [0.25, 0.3) is 0 Å². The van der Waals surface area contributed by atoms with Crippen molar-refractivity contribution in [2.75, 3.05) is 5.32 Å². The van der Waals surface area contributed by atoms with Crippen LogP contribution >= 0.6 is 11.6 Å². The molecule has 0 spiro atoms. The Morgan fingerprint density at radius 1 is 1.08 bits per heavy atom. The number of para-hydroxylation sites is 1. The van der Waals surface area contributed by atoms with Crippen molar-refractivity contribution >= 4 is 22.9 Å². The Bertz CT molecular complexity index is 1000. The summed E-state index contributed by atoms with van der Waals surface area (Å²) in [6.45, 7) is 0.562. The highest BCUT2D eigenvalue weighted by molar-refractivity contribution is 6.30. The fourth-order valence-electron chi connectivity index (χ4n) is 2.54. The number of benzene rings is 2. The minimum absolute atomic E-state index is 0.562. The first-order chi connectivity index (χ1) is 12.3. The van der Waals surface area contributed by atoms with Gasteiger partial charge in [-0.25, -0.2) is 9.50 Å². The number of anilines is 1. The number of hydrogen-bond acceptors (Lipinski definition) is 4. The molecule has 0 bridgehead atoms. The maximum atomic E-state index is 6.15. The summed E-state index contributed by atoms with van der Waals surface area (Å²) in [7, 11) is 0. The fourth-order valence-corrected chi connectivity index (χ4v) is 2.71. The Kier molecular flexibility index (Phi) is 4.23. The van der Waals surface area contributed by atoms with Crippen LogP contribution < -0.4 is 10.1 Å².